The van der Waals surface area contributed by atoms with Crippen LogP contribution < -0.4 is 5.32 Å². The Bertz CT molecular complexity index is 292. The number of hydrogen-bond donors (Lipinski definition) is 2. The van der Waals surface area contributed by atoms with Crippen molar-refractivity contribution in [1.29, 1.82) is 0 Å². The van der Waals surface area contributed by atoms with E-state index in [0.717, 1.165) is 26.1 Å². The summed E-state index contributed by atoms with van der Waals surface area (Å²) in [5.74, 6) is -0.870. The lowest BCUT2D eigenvalue weighted by atomic mass is 9.99. The molecule has 1 aliphatic carbocycles. The van der Waals surface area contributed by atoms with Gasteiger partial charge in [0.25, 0.3) is 0 Å². The molecular weight excluding hydrogens is 210 g/mol. The van der Waals surface area contributed by atoms with Gasteiger partial charge in [-0.1, -0.05) is 0 Å². The summed E-state index contributed by atoms with van der Waals surface area (Å²) in [6.07, 6.45) is 2.84. The van der Waals surface area contributed by atoms with Crippen molar-refractivity contribution >= 4 is 11.9 Å². The fourth-order valence-corrected chi connectivity index (χ4v) is 2.02. The van der Waals surface area contributed by atoms with E-state index in [-0.39, 0.29) is 5.91 Å². The number of ether oxygens (including phenoxy) is 1. The van der Waals surface area contributed by atoms with Crippen LogP contribution in [0.1, 0.15) is 25.7 Å². The summed E-state index contributed by atoms with van der Waals surface area (Å²) < 4.78 is 5.22. The van der Waals surface area contributed by atoms with Crippen LogP contribution in [0.15, 0.2) is 0 Å². The highest BCUT2D eigenvalue weighted by atomic mass is 16.5. The van der Waals surface area contributed by atoms with Gasteiger partial charge in [-0.05, 0) is 31.6 Å². The molecule has 5 nitrogen and oxygen atoms in total. The SMILES string of the molecule is O=C(O)C1(C(=O)NCC2CCOCC2)CC1. The standard InChI is InChI=1S/C11H17NO4/c13-9(11(3-4-11)10(14)15)12-7-8-1-5-16-6-2-8/h8H,1-7H2,(H,12,13)(H,14,15). The summed E-state index contributed by atoms with van der Waals surface area (Å²) in [6, 6.07) is 0. The monoisotopic (exact) mass is 227 g/mol. The zero-order valence-electron chi connectivity index (χ0n) is 9.20. The summed E-state index contributed by atoms with van der Waals surface area (Å²) in [5.41, 5.74) is -1.11. The summed E-state index contributed by atoms with van der Waals surface area (Å²) in [5, 5.41) is 11.7. The Morgan fingerprint density at radius 3 is 2.44 bits per heavy atom. The Hall–Kier alpha value is -1.10. The normalized spacial score (nSPS) is 23.8. The van der Waals surface area contributed by atoms with Crippen LogP contribution in [0, 0.1) is 11.3 Å². The number of rotatable bonds is 4. The van der Waals surface area contributed by atoms with Gasteiger partial charge in [0.2, 0.25) is 5.91 Å². The van der Waals surface area contributed by atoms with Gasteiger partial charge in [-0.3, -0.25) is 9.59 Å². The zero-order valence-corrected chi connectivity index (χ0v) is 9.20. The van der Waals surface area contributed by atoms with Crippen molar-refractivity contribution in [1.82, 2.24) is 5.32 Å². The van der Waals surface area contributed by atoms with Gasteiger partial charge in [0.15, 0.2) is 0 Å². The molecular formula is C11H17NO4. The lowest BCUT2D eigenvalue weighted by molar-refractivity contribution is -0.149. The molecule has 0 atom stereocenters. The van der Waals surface area contributed by atoms with Crippen LogP contribution in [0.4, 0.5) is 0 Å². The van der Waals surface area contributed by atoms with Gasteiger partial charge in [-0.25, -0.2) is 0 Å². The first-order chi connectivity index (χ1) is 7.65. The van der Waals surface area contributed by atoms with Crippen molar-refractivity contribution in [3.8, 4) is 0 Å². The van der Waals surface area contributed by atoms with Crippen molar-refractivity contribution in [2.75, 3.05) is 19.8 Å². The number of nitrogens with one attached hydrogen (secondary N) is 1. The Labute approximate surface area is 94.2 Å². The summed E-state index contributed by atoms with van der Waals surface area (Å²) >= 11 is 0. The van der Waals surface area contributed by atoms with Crippen LogP contribution in [0.2, 0.25) is 0 Å². The molecule has 0 radical (unpaired) electrons. The fraction of sp³-hybridized carbons (Fsp3) is 0.818. The molecule has 1 aliphatic heterocycles. The second-order valence-electron chi connectivity index (χ2n) is 4.65. The number of carboxylic acids is 1. The lowest BCUT2D eigenvalue weighted by Gasteiger charge is -2.22. The van der Waals surface area contributed by atoms with Gasteiger partial charge in [0.05, 0.1) is 0 Å². The first-order valence-electron chi connectivity index (χ1n) is 5.74. The second-order valence-corrected chi connectivity index (χ2v) is 4.65. The molecule has 5 heteroatoms. The lowest BCUT2D eigenvalue weighted by Crippen LogP contribution is -2.40. The third-order valence-electron chi connectivity index (χ3n) is 3.49. The van der Waals surface area contributed by atoms with Gasteiger partial charge < -0.3 is 15.2 Å². The highest BCUT2D eigenvalue weighted by Crippen LogP contribution is 2.46. The number of aliphatic carboxylic acids is 1. The number of amides is 1. The molecule has 0 unspecified atom stereocenters. The molecule has 0 aromatic rings. The van der Waals surface area contributed by atoms with E-state index in [4.69, 9.17) is 9.84 Å². The third-order valence-corrected chi connectivity index (χ3v) is 3.49. The largest absolute Gasteiger partial charge is 0.480 e. The quantitative estimate of drug-likeness (QED) is 0.681. The van der Waals surface area contributed by atoms with E-state index >= 15 is 0 Å². The molecule has 2 aliphatic rings. The Morgan fingerprint density at radius 1 is 1.31 bits per heavy atom. The van der Waals surface area contributed by atoms with Crippen molar-refractivity contribution in [3.63, 3.8) is 0 Å². The number of hydrogen-bond acceptors (Lipinski definition) is 3. The maximum Gasteiger partial charge on any atom is 0.319 e. The van der Waals surface area contributed by atoms with Gasteiger partial charge >= 0.3 is 5.97 Å². The van der Waals surface area contributed by atoms with Gasteiger partial charge in [0, 0.05) is 19.8 Å². The molecule has 90 valence electrons. The van der Waals surface area contributed by atoms with Crippen LogP contribution in [0.3, 0.4) is 0 Å². The number of carbonyl (C=O) groups excluding carboxylic acids is 1. The molecule has 0 bridgehead atoms. The molecule has 0 aromatic heterocycles. The molecule has 1 saturated carbocycles. The first kappa shape index (κ1) is 11.4. The molecule has 0 spiro atoms. The van der Waals surface area contributed by atoms with Crippen LogP contribution in [0.25, 0.3) is 0 Å². The highest BCUT2D eigenvalue weighted by molar-refractivity contribution is 6.04. The Kier molecular flexibility index (Phi) is 3.14. The van der Waals surface area contributed by atoms with Gasteiger partial charge in [-0.2, -0.15) is 0 Å². The van der Waals surface area contributed by atoms with Crippen molar-refractivity contribution in [2.24, 2.45) is 11.3 Å². The predicted octanol–water partition coefficient (Wildman–Crippen LogP) is 0.394. The van der Waals surface area contributed by atoms with E-state index in [1.165, 1.54) is 0 Å². The minimum absolute atomic E-state index is 0.313. The molecule has 2 N–H and O–H groups in total. The predicted molar refractivity (Wildman–Crippen MR) is 55.9 cm³/mol. The highest BCUT2D eigenvalue weighted by Gasteiger charge is 2.56. The average Bonchev–Trinajstić information content (AvgIpc) is 3.08. The molecule has 2 rings (SSSR count). The van der Waals surface area contributed by atoms with E-state index in [2.05, 4.69) is 5.32 Å². The van der Waals surface area contributed by atoms with Crippen molar-refractivity contribution in [2.45, 2.75) is 25.7 Å². The van der Waals surface area contributed by atoms with Crippen molar-refractivity contribution < 1.29 is 19.4 Å². The topological polar surface area (TPSA) is 75.6 Å². The molecule has 1 saturated heterocycles. The first-order valence-corrected chi connectivity index (χ1v) is 5.74. The Morgan fingerprint density at radius 2 is 1.94 bits per heavy atom. The van der Waals surface area contributed by atoms with Gasteiger partial charge in [-0.15, -0.1) is 0 Å². The van der Waals surface area contributed by atoms with E-state index in [0.29, 0.717) is 25.3 Å². The van der Waals surface area contributed by atoms with E-state index in [1.54, 1.807) is 0 Å². The number of carboxylic acid groups (broad SMARTS) is 1. The van der Waals surface area contributed by atoms with Crippen LogP contribution in [0.5, 0.6) is 0 Å². The minimum atomic E-state index is -1.11. The minimum Gasteiger partial charge on any atom is -0.480 e. The van der Waals surface area contributed by atoms with E-state index in [9.17, 15) is 9.59 Å². The van der Waals surface area contributed by atoms with Crippen LogP contribution in [-0.2, 0) is 14.3 Å². The number of carbonyl (C=O) groups is 2. The summed E-state index contributed by atoms with van der Waals surface area (Å²) in [6.45, 7) is 2.06. The Balaban J connectivity index is 1.77. The van der Waals surface area contributed by atoms with Gasteiger partial charge in [0.1, 0.15) is 5.41 Å². The second kappa shape index (κ2) is 4.41. The third kappa shape index (κ3) is 2.19. The van der Waals surface area contributed by atoms with Crippen molar-refractivity contribution in [3.05, 3.63) is 0 Å². The maximum absolute atomic E-state index is 11.7. The average molecular weight is 227 g/mol. The molecule has 1 heterocycles. The summed E-state index contributed by atoms with van der Waals surface area (Å²) in [7, 11) is 0. The maximum atomic E-state index is 11.7. The molecule has 1 amide bonds. The molecule has 2 fully saturated rings. The fourth-order valence-electron chi connectivity index (χ4n) is 2.02. The zero-order chi connectivity index (χ0) is 11.6. The molecule has 0 aromatic carbocycles. The smallest absolute Gasteiger partial charge is 0.319 e. The van der Waals surface area contributed by atoms with E-state index in [1.807, 2.05) is 0 Å². The summed E-state index contributed by atoms with van der Waals surface area (Å²) in [4.78, 5) is 22.6. The van der Waals surface area contributed by atoms with E-state index < -0.39 is 11.4 Å². The molecule has 16 heavy (non-hydrogen) atoms. The van der Waals surface area contributed by atoms with Crippen LogP contribution >= 0.6 is 0 Å². The van der Waals surface area contributed by atoms with Crippen LogP contribution in [-0.4, -0.2) is 36.7 Å².